The van der Waals surface area contributed by atoms with Crippen LogP contribution in [0.25, 0.3) is 0 Å². The maximum absolute atomic E-state index is 12.7. The fraction of sp³-hybridized carbons (Fsp3) is 0.963. The zero-order valence-electron chi connectivity index (χ0n) is 42.7. The van der Waals surface area contributed by atoms with E-state index in [4.69, 9.17) is 23.6 Å². The number of rotatable bonds is 54. The molecule has 0 aliphatic rings. The molecule has 3 N–H and O–H groups in total. The number of aliphatic hydroxyl groups is 2. The summed E-state index contributed by atoms with van der Waals surface area (Å²) in [5, 5.41) is 18.4. The monoisotopic (exact) mass is 947 g/mol. The molecule has 0 bridgehead atoms. The molecular formula is C54H107O10P. The number of aliphatic hydroxyl groups excluding tert-OH is 2. The lowest BCUT2D eigenvalue weighted by Gasteiger charge is -2.20. The molecule has 0 radical (unpaired) electrons. The molecule has 0 aliphatic heterocycles. The summed E-state index contributed by atoms with van der Waals surface area (Å²) in [5.41, 5.74) is 0. The first kappa shape index (κ1) is 64.0. The molecule has 388 valence electrons. The summed E-state index contributed by atoms with van der Waals surface area (Å²) in [6, 6.07) is 0. The van der Waals surface area contributed by atoms with E-state index in [2.05, 4.69) is 13.8 Å². The third-order valence-corrected chi connectivity index (χ3v) is 13.7. The summed E-state index contributed by atoms with van der Waals surface area (Å²) in [4.78, 5) is 35.3. The van der Waals surface area contributed by atoms with Crippen LogP contribution in [0, 0.1) is 0 Å². The fourth-order valence-corrected chi connectivity index (χ4v) is 9.26. The van der Waals surface area contributed by atoms with Gasteiger partial charge in [-0.25, -0.2) is 4.57 Å². The quantitative estimate of drug-likeness (QED) is 0.0306. The van der Waals surface area contributed by atoms with Crippen LogP contribution < -0.4 is 0 Å². The van der Waals surface area contributed by atoms with E-state index in [-0.39, 0.29) is 19.4 Å². The molecule has 0 heterocycles. The van der Waals surface area contributed by atoms with Gasteiger partial charge in [-0.3, -0.25) is 18.6 Å². The molecule has 0 saturated carbocycles. The van der Waals surface area contributed by atoms with Crippen LogP contribution in [0.2, 0.25) is 0 Å². The molecule has 10 nitrogen and oxygen atoms in total. The second-order valence-electron chi connectivity index (χ2n) is 19.3. The molecule has 11 heteroatoms. The van der Waals surface area contributed by atoms with Gasteiger partial charge in [0.15, 0.2) is 6.10 Å². The highest BCUT2D eigenvalue weighted by Crippen LogP contribution is 2.43. The van der Waals surface area contributed by atoms with E-state index in [1.54, 1.807) is 0 Å². The first-order valence-electron chi connectivity index (χ1n) is 28.0. The van der Waals surface area contributed by atoms with Gasteiger partial charge in [-0.2, -0.15) is 0 Å². The Hall–Kier alpha value is -1.03. The molecule has 0 fully saturated rings. The summed E-state index contributed by atoms with van der Waals surface area (Å²) >= 11 is 0. The van der Waals surface area contributed by atoms with E-state index < -0.39 is 51.8 Å². The highest BCUT2D eigenvalue weighted by molar-refractivity contribution is 7.47. The largest absolute Gasteiger partial charge is 0.472 e. The van der Waals surface area contributed by atoms with E-state index in [1.807, 2.05) is 0 Å². The van der Waals surface area contributed by atoms with Crippen LogP contribution >= 0.6 is 7.82 Å². The van der Waals surface area contributed by atoms with Crippen molar-refractivity contribution < 1.29 is 47.8 Å². The lowest BCUT2D eigenvalue weighted by molar-refractivity contribution is -0.161. The minimum atomic E-state index is -4.62. The second-order valence-corrected chi connectivity index (χ2v) is 20.8. The predicted molar refractivity (Wildman–Crippen MR) is 270 cm³/mol. The van der Waals surface area contributed by atoms with Gasteiger partial charge >= 0.3 is 19.8 Å². The maximum Gasteiger partial charge on any atom is 0.472 e. The van der Waals surface area contributed by atoms with Crippen molar-refractivity contribution in [2.75, 3.05) is 26.4 Å². The summed E-state index contributed by atoms with van der Waals surface area (Å²) in [5.74, 6) is -0.899. The molecule has 3 unspecified atom stereocenters. The van der Waals surface area contributed by atoms with Gasteiger partial charge in [0, 0.05) is 12.8 Å². The molecule has 0 amide bonds. The van der Waals surface area contributed by atoms with Crippen molar-refractivity contribution in [2.45, 2.75) is 309 Å². The van der Waals surface area contributed by atoms with Crippen molar-refractivity contribution in [3.63, 3.8) is 0 Å². The van der Waals surface area contributed by atoms with Crippen molar-refractivity contribution >= 4 is 19.8 Å². The van der Waals surface area contributed by atoms with Crippen LogP contribution in [0.4, 0.5) is 0 Å². The van der Waals surface area contributed by atoms with Crippen molar-refractivity contribution in [1.82, 2.24) is 0 Å². The highest BCUT2D eigenvalue weighted by atomic mass is 31.2. The van der Waals surface area contributed by atoms with E-state index in [0.29, 0.717) is 12.8 Å². The van der Waals surface area contributed by atoms with Crippen LogP contribution in [-0.4, -0.2) is 65.7 Å². The van der Waals surface area contributed by atoms with E-state index in [9.17, 15) is 24.2 Å². The van der Waals surface area contributed by atoms with Gasteiger partial charge in [-0.1, -0.05) is 271 Å². The van der Waals surface area contributed by atoms with Gasteiger partial charge in [0.05, 0.1) is 19.8 Å². The van der Waals surface area contributed by atoms with Crippen LogP contribution in [0.5, 0.6) is 0 Å². The summed E-state index contributed by atoms with van der Waals surface area (Å²) in [7, 11) is -4.62. The topological polar surface area (TPSA) is 149 Å². The van der Waals surface area contributed by atoms with E-state index in [0.717, 1.165) is 32.1 Å². The predicted octanol–water partition coefficient (Wildman–Crippen LogP) is 16.1. The Morgan fingerprint density at radius 3 is 0.954 bits per heavy atom. The molecule has 0 aliphatic carbocycles. The smallest absolute Gasteiger partial charge is 0.462 e. The van der Waals surface area contributed by atoms with Gasteiger partial charge in [-0.05, 0) is 12.8 Å². The van der Waals surface area contributed by atoms with Crippen LogP contribution in [0.3, 0.4) is 0 Å². The number of ether oxygens (including phenoxy) is 2. The third kappa shape index (κ3) is 50.7. The Morgan fingerprint density at radius 2 is 0.662 bits per heavy atom. The number of unbranched alkanes of at least 4 members (excludes halogenated alkanes) is 40. The zero-order valence-corrected chi connectivity index (χ0v) is 43.6. The Labute approximate surface area is 401 Å². The maximum atomic E-state index is 12.7. The van der Waals surface area contributed by atoms with E-state index in [1.165, 1.54) is 225 Å². The van der Waals surface area contributed by atoms with Gasteiger partial charge < -0.3 is 24.6 Å². The van der Waals surface area contributed by atoms with E-state index >= 15 is 0 Å². The molecule has 0 saturated heterocycles. The molecule has 65 heavy (non-hydrogen) atoms. The highest BCUT2D eigenvalue weighted by Gasteiger charge is 2.27. The zero-order chi connectivity index (χ0) is 47.6. The molecule has 0 rings (SSSR count). The molecule has 0 spiro atoms. The number of hydrogen-bond acceptors (Lipinski definition) is 9. The Balaban J connectivity index is 4.07. The number of hydrogen-bond donors (Lipinski definition) is 3. The van der Waals surface area contributed by atoms with Gasteiger partial charge in [0.1, 0.15) is 12.7 Å². The lowest BCUT2D eigenvalue weighted by Crippen LogP contribution is -2.29. The average molecular weight is 947 g/mol. The summed E-state index contributed by atoms with van der Waals surface area (Å²) in [6.07, 6.45) is 52.2. The van der Waals surface area contributed by atoms with Gasteiger partial charge in [0.25, 0.3) is 0 Å². The average Bonchev–Trinajstić information content (AvgIpc) is 3.30. The number of esters is 2. The molecule has 0 aromatic carbocycles. The minimum absolute atomic E-state index is 0.193. The SMILES string of the molecule is CCCCCCCCCCCCCCCCCCCCCCCCC(=O)OC(COC(=O)CCCCCCCCCCCCCCCCCCCCCC)COP(=O)(O)OCC(O)CO. The summed E-state index contributed by atoms with van der Waals surface area (Å²) in [6.45, 7) is 2.47. The molecular weight excluding hydrogens is 840 g/mol. The molecule has 3 atom stereocenters. The van der Waals surface area contributed by atoms with Gasteiger partial charge in [0.2, 0.25) is 0 Å². The number of carbonyl (C=O) groups is 2. The Bertz CT molecular complexity index is 1040. The third-order valence-electron chi connectivity index (χ3n) is 12.8. The second kappa shape index (κ2) is 50.8. The van der Waals surface area contributed by atoms with Crippen LogP contribution in [0.1, 0.15) is 296 Å². The van der Waals surface area contributed by atoms with Crippen molar-refractivity contribution in [2.24, 2.45) is 0 Å². The number of phosphoric ester groups is 1. The molecule has 0 aromatic heterocycles. The Kier molecular flexibility index (Phi) is 50.0. The van der Waals surface area contributed by atoms with Crippen LogP contribution in [0.15, 0.2) is 0 Å². The Morgan fingerprint density at radius 1 is 0.400 bits per heavy atom. The first-order chi connectivity index (χ1) is 31.7. The first-order valence-corrected chi connectivity index (χ1v) is 29.5. The summed E-state index contributed by atoms with van der Waals surface area (Å²) < 4.78 is 33.0. The normalized spacial score (nSPS) is 13.5. The lowest BCUT2D eigenvalue weighted by atomic mass is 10.0. The van der Waals surface area contributed by atoms with Crippen molar-refractivity contribution in [3.8, 4) is 0 Å². The van der Waals surface area contributed by atoms with Gasteiger partial charge in [-0.15, -0.1) is 0 Å². The molecule has 0 aromatic rings. The van der Waals surface area contributed by atoms with Crippen molar-refractivity contribution in [1.29, 1.82) is 0 Å². The van der Waals surface area contributed by atoms with Crippen LogP contribution in [-0.2, 0) is 32.7 Å². The minimum Gasteiger partial charge on any atom is -0.462 e. The van der Waals surface area contributed by atoms with Crippen molar-refractivity contribution in [3.05, 3.63) is 0 Å². The number of phosphoric acid groups is 1. The fourth-order valence-electron chi connectivity index (χ4n) is 8.47. The number of carbonyl (C=O) groups excluding carboxylic acids is 2. The standard InChI is InChI=1S/C54H107O10P/c1-3-5-7-9-11-13-15-17-19-21-23-25-26-28-30-32-34-36-38-40-42-44-46-54(58)64-52(50-63-65(59,60)62-48-51(56)47-55)49-61-53(57)45-43-41-39-37-35-33-31-29-27-24-22-20-18-16-14-12-10-8-6-4-2/h51-52,55-56H,3-50H2,1-2H3,(H,59,60).